The van der Waals surface area contributed by atoms with Crippen molar-refractivity contribution in [2.75, 3.05) is 0 Å². The lowest BCUT2D eigenvalue weighted by Gasteiger charge is -2.40. The van der Waals surface area contributed by atoms with Crippen LogP contribution in [0.1, 0.15) is 32.4 Å². The number of hydrogen-bond donors (Lipinski definition) is 1. The summed E-state index contributed by atoms with van der Waals surface area (Å²) in [5.41, 5.74) is -1.08. The van der Waals surface area contributed by atoms with Gasteiger partial charge in [-0.3, -0.25) is 14.4 Å². The summed E-state index contributed by atoms with van der Waals surface area (Å²) in [6, 6.07) is 8.13. The fourth-order valence-corrected chi connectivity index (χ4v) is 3.27. The smallest absolute Gasteiger partial charge is 0.248 e. The van der Waals surface area contributed by atoms with E-state index in [4.69, 9.17) is 0 Å². The van der Waals surface area contributed by atoms with E-state index in [0.717, 1.165) is 0 Å². The first-order valence-electron chi connectivity index (χ1n) is 8.54. The van der Waals surface area contributed by atoms with Gasteiger partial charge < -0.3 is 10.2 Å². The molecule has 3 rings (SSSR count). The Hall–Kier alpha value is -2.95. The zero-order valence-corrected chi connectivity index (χ0v) is 15.1. The minimum Gasteiger partial charge on any atom is -0.349 e. The minimum absolute atomic E-state index is 0.244. The summed E-state index contributed by atoms with van der Waals surface area (Å²) in [4.78, 5) is 39.9. The largest absolute Gasteiger partial charge is 0.349 e. The van der Waals surface area contributed by atoms with Crippen molar-refractivity contribution >= 4 is 17.6 Å². The number of allylic oxidation sites excluding steroid dienone is 2. The van der Waals surface area contributed by atoms with Gasteiger partial charge in [0.05, 0.1) is 0 Å². The van der Waals surface area contributed by atoms with Crippen molar-refractivity contribution in [2.45, 2.75) is 37.9 Å². The molecule has 0 bridgehead atoms. The molecule has 0 saturated heterocycles. The van der Waals surface area contributed by atoms with Crippen molar-refractivity contribution in [1.29, 1.82) is 0 Å². The fraction of sp³-hybridized carbons (Fsp3) is 0.286. The van der Waals surface area contributed by atoms with Crippen LogP contribution in [0.2, 0.25) is 0 Å². The molecule has 1 spiro atoms. The van der Waals surface area contributed by atoms with Crippen LogP contribution in [0.25, 0.3) is 0 Å². The van der Waals surface area contributed by atoms with Crippen LogP contribution in [-0.2, 0) is 14.4 Å². The molecule has 5 heteroatoms. The summed E-state index contributed by atoms with van der Waals surface area (Å²) < 4.78 is 0. The maximum atomic E-state index is 13.1. The maximum absolute atomic E-state index is 13.1. The molecule has 1 heterocycles. The molecule has 1 aromatic rings. The van der Waals surface area contributed by atoms with Crippen LogP contribution in [0.4, 0.5) is 0 Å². The van der Waals surface area contributed by atoms with E-state index in [9.17, 15) is 14.4 Å². The zero-order valence-electron chi connectivity index (χ0n) is 15.1. The van der Waals surface area contributed by atoms with Gasteiger partial charge in [0.25, 0.3) is 0 Å². The molecule has 1 aromatic carbocycles. The number of carbonyl (C=O) groups excluding carboxylic acids is 3. The molecule has 0 fully saturated rings. The Morgan fingerprint density at radius 2 is 1.73 bits per heavy atom. The van der Waals surface area contributed by atoms with Crippen LogP contribution in [0, 0.1) is 0 Å². The number of amides is 2. The second-order valence-electron chi connectivity index (χ2n) is 7.50. The third-order valence-corrected chi connectivity index (χ3v) is 4.34. The monoisotopic (exact) mass is 350 g/mol. The summed E-state index contributed by atoms with van der Waals surface area (Å²) >= 11 is 0. The highest BCUT2D eigenvalue weighted by Crippen LogP contribution is 2.37. The van der Waals surface area contributed by atoms with E-state index in [-0.39, 0.29) is 17.6 Å². The summed E-state index contributed by atoms with van der Waals surface area (Å²) in [5, 5.41) is 2.94. The lowest BCUT2D eigenvalue weighted by molar-refractivity contribution is -0.144. The van der Waals surface area contributed by atoms with Crippen LogP contribution in [0.15, 0.2) is 66.8 Å². The second-order valence-corrected chi connectivity index (χ2v) is 7.50. The summed E-state index contributed by atoms with van der Waals surface area (Å²) in [6.07, 6.45) is 9.38. The third kappa shape index (κ3) is 3.12. The minimum atomic E-state index is -1.26. The molecule has 5 nitrogen and oxygen atoms in total. The lowest BCUT2D eigenvalue weighted by Crippen LogP contribution is -2.57. The van der Waals surface area contributed by atoms with Crippen molar-refractivity contribution in [3.8, 4) is 0 Å². The number of nitrogens with one attached hydrogen (secondary N) is 1. The number of nitrogens with zero attached hydrogens (tertiary/aromatic N) is 1. The second kappa shape index (κ2) is 6.41. The Morgan fingerprint density at radius 1 is 1.04 bits per heavy atom. The Labute approximate surface area is 153 Å². The van der Waals surface area contributed by atoms with Gasteiger partial charge >= 0.3 is 0 Å². The molecule has 2 amide bonds. The molecule has 0 unspecified atom stereocenters. The number of hydrogen-bond acceptors (Lipinski definition) is 3. The van der Waals surface area contributed by atoms with Crippen molar-refractivity contribution in [2.24, 2.45) is 0 Å². The zero-order chi connectivity index (χ0) is 18.9. The van der Waals surface area contributed by atoms with Gasteiger partial charge in [-0.1, -0.05) is 42.5 Å². The van der Waals surface area contributed by atoms with E-state index in [1.54, 1.807) is 36.4 Å². The summed E-state index contributed by atoms with van der Waals surface area (Å²) in [5.74, 6) is -0.932. The fourth-order valence-electron chi connectivity index (χ4n) is 3.27. The molecule has 0 aromatic heterocycles. The van der Waals surface area contributed by atoms with E-state index in [0.29, 0.717) is 5.56 Å². The van der Waals surface area contributed by atoms with Crippen molar-refractivity contribution in [3.05, 3.63) is 72.4 Å². The van der Waals surface area contributed by atoms with E-state index in [1.165, 1.54) is 17.1 Å². The highest BCUT2D eigenvalue weighted by Gasteiger charge is 2.50. The van der Waals surface area contributed by atoms with Gasteiger partial charge in [-0.15, -0.1) is 0 Å². The first-order chi connectivity index (χ1) is 12.2. The summed E-state index contributed by atoms with van der Waals surface area (Å²) in [7, 11) is 0. The molecule has 1 aliphatic heterocycles. The number of benzene rings is 1. The molecule has 26 heavy (non-hydrogen) atoms. The topological polar surface area (TPSA) is 66.5 Å². The number of carbonyl (C=O) groups is 3. The van der Waals surface area contributed by atoms with Crippen LogP contribution >= 0.6 is 0 Å². The van der Waals surface area contributed by atoms with E-state index in [2.05, 4.69) is 5.32 Å². The standard InChI is InChI=1S/C21H22N2O3/c1-20(2,3)22-19(26)18(15-9-5-4-6-10-15)23-17(25)12-14-21(23)13-8-7-11-16(21)24/h4-14,18H,1-3H3,(H,22,26)/t18-,21+/m0/s1. The molecule has 2 atom stereocenters. The van der Waals surface area contributed by atoms with Crippen molar-refractivity contribution in [1.82, 2.24) is 10.2 Å². The van der Waals surface area contributed by atoms with Crippen LogP contribution in [0.5, 0.6) is 0 Å². The average molecular weight is 350 g/mol. The predicted octanol–water partition coefficient (Wildman–Crippen LogP) is 2.47. The number of rotatable bonds is 3. The Kier molecular flexibility index (Phi) is 4.40. The molecular formula is C21H22N2O3. The van der Waals surface area contributed by atoms with E-state index < -0.39 is 17.1 Å². The Balaban J connectivity index is 2.10. The first kappa shape index (κ1) is 17.9. The third-order valence-electron chi connectivity index (χ3n) is 4.34. The highest BCUT2D eigenvalue weighted by molar-refractivity contribution is 6.11. The van der Waals surface area contributed by atoms with Gasteiger partial charge in [0.15, 0.2) is 5.78 Å². The summed E-state index contributed by atoms with van der Waals surface area (Å²) in [6.45, 7) is 5.63. The quantitative estimate of drug-likeness (QED) is 0.911. The molecule has 134 valence electrons. The van der Waals surface area contributed by atoms with Crippen molar-refractivity contribution < 1.29 is 14.4 Å². The molecule has 1 aliphatic carbocycles. The van der Waals surface area contributed by atoms with Gasteiger partial charge in [0, 0.05) is 11.6 Å². The van der Waals surface area contributed by atoms with Gasteiger partial charge in [0.2, 0.25) is 11.8 Å². The molecule has 0 saturated carbocycles. The van der Waals surface area contributed by atoms with E-state index in [1.807, 2.05) is 39.0 Å². The van der Waals surface area contributed by atoms with E-state index >= 15 is 0 Å². The van der Waals surface area contributed by atoms with Gasteiger partial charge in [-0.2, -0.15) is 0 Å². The van der Waals surface area contributed by atoms with Gasteiger partial charge in [-0.25, -0.2) is 0 Å². The highest BCUT2D eigenvalue weighted by atomic mass is 16.2. The van der Waals surface area contributed by atoms with Crippen molar-refractivity contribution in [3.63, 3.8) is 0 Å². The Morgan fingerprint density at radius 3 is 2.35 bits per heavy atom. The average Bonchev–Trinajstić information content (AvgIpc) is 2.88. The van der Waals surface area contributed by atoms with Gasteiger partial charge in [0.1, 0.15) is 11.6 Å². The molecule has 1 N–H and O–H groups in total. The lowest BCUT2D eigenvalue weighted by atomic mass is 9.87. The van der Waals surface area contributed by atoms with Crippen LogP contribution in [0.3, 0.4) is 0 Å². The SMILES string of the molecule is CC(C)(C)NC(=O)[C@H](c1ccccc1)N1C(=O)C=C[C@@]12C=CC=CC2=O. The Bertz CT molecular complexity index is 827. The molecular weight excluding hydrogens is 328 g/mol. The normalized spacial score (nSPS) is 23.0. The first-order valence-corrected chi connectivity index (χ1v) is 8.54. The molecule has 0 radical (unpaired) electrons. The molecule has 2 aliphatic rings. The number of ketones is 1. The van der Waals surface area contributed by atoms with Gasteiger partial charge in [-0.05, 0) is 44.6 Å². The van der Waals surface area contributed by atoms with Crippen LogP contribution in [-0.4, -0.2) is 33.6 Å². The predicted molar refractivity (Wildman–Crippen MR) is 99.1 cm³/mol. The van der Waals surface area contributed by atoms with Crippen LogP contribution < -0.4 is 5.32 Å². The maximum Gasteiger partial charge on any atom is 0.248 e.